The fourth-order valence-electron chi connectivity index (χ4n) is 13.9. The molecule has 0 aromatic heterocycles. The summed E-state index contributed by atoms with van der Waals surface area (Å²) in [4.78, 5) is 73.3. The summed E-state index contributed by atoms with van der Waals surface area (Å²) in [5.74, 6) is 0.231. The Morgan fingerprint density at radius 2 is 0.426 bits per heavy atom. The number of rotatable bonds is 87. The van der Waals surface area contributed by atoms with Gasteiger partial charge in [0.25, 0.3) is 0 Å². The Balaban J connectivity index is 5.24. The van der Waals surface area contributed by atoms with Gasteiger partial charge in [0.05, 0.1) is 26.4 Å². The van der Waals surface area contributed by atoms with Gasteiger partial charge in [-0.15, -0.1) is 0 Å². The molecular weight excluding hydrogens is 1400 g/mol. The fourth-order valence-corrected chi connectivity index (χ4v) is 15.5. The molecule has 5 atom stereocenters. The lowest BCUT2D eigenvalue weighted by molar-refractivity contribution is -0.161. The van der Waals surface area contributed by atoms with E-state index >= 15 is 0 Å². The van der Waals surface area contributed by atoms with Gasteiger partial charge in [0.2, 0.25) is 0 Å². The van der Waals surface area contributed by atoms with E-state index < -0.39 is 97.5 Å². The summed E-state index contributed by atoms with van der Waals surface area (Å²) in [6, 6.07) is 0. The van der Waals surface area contributed by atoms with Gasteiger partial charge in [-0.1, -0.05) is 421 Å². The maximum Gasteiger partial charge on any atom is 0.472 e. The van der Waals surface area contributed by atoms with E-state index in [0.717, 1.165) is 108 Å². The second-order valence-corrected chi connectivity index (χ2v) is 36.3. The summed E-state index contributed by atoms with van der Waals surface area (Å²) in [5, 5.41) is 10.7. The molecule has 2 unspecified atom stereocenters. The van der Waals surface area contributed by atoms with Crippen molar-refractivity contribution >= 4 is 39.5 Å². The van der Waals surface area contributed by atoms with Gasteiger partial charge in [-0.3, -0.25) is 37.3 Å². The first-order valence-electron chi connectivity index (χ1n) is 45.8. The maximum absolute atomic E-state index is 13.2. The molecule has 0 saturated heterocycles. The zero-order chi connectivity index (χ0) is 79.3. The van der Waals surface area contributed by atoms with Crippen LogP contribution in [0.15, 0.2) is 0 Å². The molecule has 0 aliphatic rings. The Morgan fingerprint density at radius 1 is 0.250 bits per heavy atom. The lowest BCUT2D eigenvalue weighted by atomic mass is 10.0. The summed E-state index contributed by atoms with van der Waals surface area (Å²) in [6.45, 7) is 12.0. The zero-order valence-electron chi connectivity index (χ0n) is 71.3. The third-order valence-corrected chi connectivity index (χ3v) is 22.8. The van der Waals surface area contributed by atoms with Crippen LogP contribution in [-0.2, 0) is 65.4 Å². The van der Waals surface area contributed by atoms with E-state index in [9.17, 15) is 43.2 Å². The number of phosphoric acid groups is 2. The number of carbonyl (C=O) groups is 4. The number of aliphatic hydroxyl groups is 1. The van der Waals surface area contributed by atoms with Gasteiger partial charge in [0, 0.05) is 25.7 Å². The largest absolute Gasteiger partial charge is 0.472 e. The van der Waals surface area contributed by atoms with E-state index in [-0.39, 0.29) is 25.7 Å². The Hall–Kier alpha value is -1.94. The minimum absolute atomic E-state index is 0.107. The van der Waals surface area contributed by atoms with Gasteiger partial charge in [-0.25, -0.2) is 9.13 Å². The van der Waals surface area contributed by atoms with E-state index in [1.54, 1.807) is 0 Å². The second-order valence-electron chi connectivity index (χ2n) is 33.4. The van der Waals surface area contributed by atoms with Crippen LogP contribution in [0.4, 0.5) is 0 Å². The number of esters is 4. The zero-order valence-corrected chi connectivity index (χ0v) is 73.1. The average molecular weight is 1580 g/mol. The first-order valence-corrected chi connectivity index (χ1v) is 48.8. The van der Waals surface area contributed by atoms with Crippen LogP contribution in [-0.4, -0.2) is 96.7 Å². The Kier molecular flexibility index (Phi) is 77.5. The highest BCUT2D eigenvalue weighted by Crippen LogP contribution is 2.45. The van der Waals surface area contributed by atoms with Crippen molar-refractivity contribution in [1.82, 2.24) is 0 Å². The molecule has 0 amide bonds. The molecule has 0 heterocycles. The molecule has 0 aliphatic carbocycles. The van der Waals surface area contributed by atoms with Gasteiger partial charge >= 0.3 is 39.5 Å². The molecule has 0 aliphatic heterocycles. The molecule has 0 aromatic rings. The first kappa shape index (κ1) is 106. The van der Waals surface area contributed by atoms with Crippen molar-refractivity contribution in [1.29, 1.82) is 0 Å². The van der Waals surface area contributed by atoms with Crippen LogP contribution in [0, 0.1) is 17.8 Å². The Labute approximate surface area is 664 Å². The topological polar surface area (TPSA) is 237 Å². The molecule has 19 heteroatoms. The second kappa shape index (κ2) is 78.9. The van der Waals surface area contributed by atoms with Crippen molar-refractivity contribution < 1.29 is 80.2 Å². The highest BCUT2D eigenvalue weighted by atomic mass is 31.2. The van der Waals surface area contributed by atoms with Gasteiger partial charge in [-0.2, -0.15) is 0 Å². The number of hydrogen-bond acceptors (Lipinski definition) is 15. The van der Waals surface area contributed by atoms with Crippen molar-refractivity contribution in [3.05, 3.63) is 0 Å². The quantitative estimate of drug-likeness (QED) is 0.0222. The number of hydrogen-bond donors (Lipinski definition) is 3. The molecule has 0 radical (unpaired) electrons. The molecular formula is C89H174O17P2. The van der Waals surface area contributed by atoms with Crippen LogP contribution >= 0.6 is 15.6 Å². The van der Waals surface area contributed by atoms with Gasteiger partial charge in [0.15, 0.2) is 12.2 Å². The van der Waals surface area contributed by atoms with Crippen molar-refractivity contribution in [3.8, 4) is 0 Å². The lowest BCUT2D eigenvalue weighted by Gasteiger charge is -2.21. The summed E-state index contributed by atoms with van der Waals surface area (Å²) < 4.78 is 69.0. The Morgan fingerprint density at radius 3 is 0.630 bits per heavy atom. The van der Waals surface area contributed by atoms with Crippen molar-refractivity contribution in [2.24, 2.45) is 17.8 Å². The molecule has 3 N–H and O–H groups in total. The maximum atomic E-state index is 13.2. The highest BCUT2D eigenvalue weighted by molar-refractivity contribution is 7.47. The predicted octanol–water partition coefficient (Wildman–Crippen LogP) is 27.3. The summed E-state index contributed by atoms with van der Waals surface area (Å²) in [6.07, 6.45) is 70.9. The number of ether oxygens (including phenoxy) is 4. The van der Waals surface area contributed by atoms with E-state index in [1.165, 1.54) is 283 Å². The summed E-state index contributed by atoms with van der Waals surface area (Å²) in [7, 11) is -9.93. The molecule has 17 nitrogen and oxygen atoms in total. The number of aliphatic hydroxyl groups excluding tert-OH is 1. The number of unbranched alkanes of at least 4 members (excludes halogenated alkanes) is 55. The van der Waals surface area contributed by atoms with E-state index in [4.69, 9.17) is 37.0 Å². The monoisotopic (exact) mass is 1580 g/mol. The SMILES string of the molecule is CCCCCCCCCCCCCCCCCCCCCCCCC(=O)O[C@H](COC(=O)CCCCCCCCCCCCCCCCCCC(C)C)COP(=O)(O)OC[C@@H](O)COP(=O)(O)OC[C@@H](COC(=O)CCCCCCCCCCCC(C)C)OC(=O)CCCCCCCCCCCCCCC(C)C. The van der Waals surface area contributed by atoms with Crippen LogP contribution in [0.1, 0.15) is 472 Å². The van der Waals surface area contributed by atoms with Gasteiger partial charge < -0.3 is 33.8 Å². The summed E-state index contributed by atoms with van der Waals surface area (Å²) >= 11 is 0. The third-order valence-electron chi connectivity index (χ3n) is 20.9. The van der Waals surface area contributed by atoms with E-state index in [1.807, 2.05) is 0 Å². The van der Waals surface area contributed by atoms with Crippen LogP contribution < -0.4 is 0 Å². The lowest BCUT2D eigenvalue weighted by Crippen LogP contribution is -2.30. The molecule has 108 heavy (non-hydrogen) atoms. The molecule has 0 aromatic carbocycles. The molecule has 0 fully saturated rings. The van der Waals surface area contributed by atoms with Gasteiger partial charge in [-0.05, 0) is 43.4 Å². The fraction of sp³-hybridized carbons (Fsp3) is 0.955. The van der Waals surface area contributed by atoms with Crippen LogP contribution in [0.25, 0.3) is 0 Å². The first-order chi connectivity index (χ1) is 52.2. The standard InChI is InChI=1S/C89H174O17P2/c1-8-9-10-11-12-13-14-15-16-17-18-19-20-21-22-27-30-36-43-51-58-65-72-88(93)105-84(76-99-86(91)70-63-56-49-42-35-29-26-24-23-25-28-33-39-46-53-60-67-80(2)3)78-103-107(95,96)101-74-83(90)75-102-108(97,98)104-79-85(77-100-87(92)71-64-57-50-45-38-41-48-55-62-69-82(6)7)106-89(94)73-66-59-52-44-37-32-31-34-40-47-54-61-68-81(4)5/h80-85,90H,8-79H2,1-7H3,(H,95,96)(H,97,98)/t83-,84-,85-/m1/s1. The summed E-state index contributed by atoms with van der Waals surface area (Å²) in [5.41, 5.74) is 0. The van der Waals surface area contributed by atoms with Crippen molar-refractivity contribution in [2.45, 2.75) is 491 Å². The third kappa shape index (κ3) is 82.1. The molecule has 0 saturated carbocycles. The molecule has 0 bridgehead atoms. The van der Waals surface area contributed by atoms with Crippen LogP contribution in [0.5, 0.6) is 0 Å². The Bertz CT molecular complexity index is 2080. The van der Waals surface area contributed by atoms with Crippen LogP contribution in [0.3, 0.4) is 0 Å². The highest BCUT2D eigenvalue weighted by Gasteiger charge is 2.31. The molecule has 0 rings (SSSR count). The van der Waals surface area contributed by atoms with E-state index in [2.05, 4.69) is 48.5 Å². The smallest absolute Gasteiger partial charge is 0.462 e. The average Bonchev–Trinajstić information content (AvgIpc) is 0.898. The number of phosphoric ester groups is 2. The van der Waals surface area contributed by atoms with Gasteiger partial charge in [0.1, 0.15) is 19.3 Å². The van der Waals surface area contributed by atoms with Crippen molar-refractivity contribution in [3.63, 3.8) is 0 Å². The minimum atomic E-state index is -4.97. The molecule has 0 spiro atoms. The number of carbonyl (C=O) groups excluding carboxylic acids is 4. The van der Waals surface area contributed by atoms with Crippen molar-refractivity contribution in [2.75, 3.05) is 39.6 Å². The predicted molar refractivity (Wildman–Crippen MR) is 446 cm³/mol. The van der Waals surface area contributed by atoms with Crippen LogP contribution in [0.2, 0.25) is 0 Å². The van der Waals surface area contributed by atoms with E-state index in [0.29, 0.717) is 25.7 Å². The minimum Gasteiger partial charge on any atom is -0.462 e. The molecule has 642 valence electrons. The normalized spacial score (nSPS) is 13.8.